The fourth-order valence-electron chi connectivity index (χ4n) is 4.09. The largest absolute Gasteiger partial charge is 0.444 e. The van der Waals surface area contributed by atoms with E-state index in [1.54, 1.807) is 11.0 Å². The monoisotopic (exact) mass is 449 g/mol. The van der Waals surface area contributed by atoms with Gasteiger partial charge < -0.3 is 9.72 Å². The summed E-state index contributed by atoms with van der Waals surface area (Å²) >= 11 is 6.05. The highest BCUT2D eigenvalue weighted by Crippen LogP contribution is 2.33. The number of benzene rings is 2. The molecule has 4 aromatic rings. The van der Waals surface area contributed by atoms with Crippen molar-refractivity contribution < 1.29 is 9.53 Å². The highest BCUT2D eigenvalue weighted by atomic mass is 35.5. The molecule has 0 bridgehead atoms. The first-order valence-corrected chi connectivity index (χ1v) is 11.1. The number of fused-ring (bicyclic) bond motifs is 2. The van der Waals surface area contributed by atoms with Gasteiger partial charge in [-0.05, 0) is 63.9 Å². The van der Waals surface area contributed by atoms with Crippen LogP contribution in [0.5, 0.6) is 0 Å². The van der Waals surface area contributed by atoms with Crippen molar-refractivity contribution in [2.75, 3.05) is 6.54 Å². The van der Waals surface area contributed by atoms with Gasteiger partial charge in [0.05, 0.1) is 28.3 Å². The van der Waals surface area contributed by atoms with Crippen LogP contribution in [0.4, 0.5) is 4.79 Å². The van der Waals surface area contributed by atoms with Gasteiger partial charge >= 0.3 is 6.09 Å². The lowest BCUT2D eigenvalue weighted by molar-refractivity contribution is 0.0219. The van der Waals surface area contributed by atoms with Crippen molar-refractivity contribution >= 4 is 39.6 Å². The van der Waals surface area contributed by atoms with E-state index in [-0.39, 0.29) is 12.1 Å². The SMILES string of the molecule is CC(C)(C)OC(=O)N1CCC[C@H]1c1nc2ccc(-c3cc4ccc(Cl)cc4nn3)cc2[nH]1. The Balaban J connectivity index is 1.45. The van der Waals surface area contributed by atoms with Gasteiger partial charge in [0.2, 0.25) is 0 Å². The van der Waals surface area contributed by atoms with E-state index in [4.69, 9.17) is 21.3 Å². The van der Waals surface area contributed by atoms with Crippen LogP contribution in [-0.2, 0) is 4.74 Å². The van der Waals surface area contributed by atoms with E-state index in [1.807, 2.05) is 57.2 Å². The number of nitrogens with one attached hydrogen (secondary N) is 1. The van der Waals surface area contributed by atoms with Crippen molar-refractivity contribution in [2.24, 2.45) is 0 Å². The van der Waals surface area contributed by atoms with Crippen molar-refractivity contribution in [2.45, 2.75) is 45.3 Å². The standard InChI is InChI=1S/C24H24ClN5O2/c1-24(2,3)32-23(31)30-10-4-5-21(30)22-26-17-9-7-15(12-20(17)27-22)18-11-14-6-8-16(25)13-19(14)29-28-18/h6-9,11-13,21H,4-5,10H2,1-3H3,(H,26,27)/t21-/m0/s1. The molecular formula is C24H24ClN5O2. The molecule has 5 rings (SSSR count). The summed E-state index contributed by atoms with van der Waals surface area (Å²) in [6, 6.07) is 13.4. The first-order valence-electron chi connectivity index (χ1n) is 10.7. The van der Waals surface area contributed by atoms with Crippen LogP contribution in [0.3, 0.4) is 0 Å². The molecular weight excluding hydrogens is 426 g/mol. The molecule has 1 N–H and O–H groups in total. The predicted octanol–water partition coefficient (Wildman–Crippen LogP) is 5.90. The van der Waals surface area contributed by atoms with Crippen LogP contribution in [-0.4, -0.2) is 43.3 Å². The first-order chi connectivity index (χ1) is 15.3. The Bertz CT molecular complexity index is 1330. The fourth-order valence-corrected chi connectivity index (χ4v) is 4.25. The topological polar surface area (TPSA) is 84.0 Å². The smallest absolute Gasteiger partial charge is 0.410 e. The summed E-state index contributed by atoms with van der Waals surface area (Å²) in [5, 5.41) is 10.3. The Hall–Kier alpha value is -3.19. The Morgan fingerprint density at radius 2 is 1.97 bits per heavy atom. The predicted molar refractivity (Wildman–Crippen MR) is 125 cm³/mol. The van der Waals surface area contributed by atoms with Gasteiger partial charge in [-0.3, -0.25) is 4.90 Å². The summed E-state index contributed by atoms with van der Waals surface area (Å²) in [5.41, 5.74) is 3.68. The molecule has 0 spiro atoms. The number of amides is 1. The lowest BCUT2D eigenvalue weighted by Gasteiger charge is -2.27. The van der Waals surface area contributed by atoms with Crippen molar-refractivity contribution in [3.63, 3.8) is 0 Å². The highest BCUT2D eigenvalue weighted by molar-refractivity contribution is 6.31. The molecule has 164 valence electrons. The third-order valence-corrected chi connectivity index (χ3v) is 5.78. The third kappa shape index (κ3) is 4.00. The van der Waals surface area contributed by atoms with Crippen LogP contribution in [0, 0.1) is 0 Å². The lowest BCUT2D eigenvalue weighted by Crippen LogP contribution is -2.36. The highest BCUT2D eigenvalue weighted by Gasteiger charge is 2.34. The number of carbonyl (C=O) groups excluding carboxylic acids is 1. The van der Waals surface area contributed by atoms with Crippen LogP contribution < -0.4 is 0 Å². The van der Waals surface area contributed by atoms with Crippen molar-refractivity contribution in [3.05, 3.63) is 53.3 Å². The van der Waals surface area contributed by atoms with Gasteiger partial charge in [0.1, 0.15) is 11.4 Å². The van der Waals surface area contributed by atoms with Crippen LogP contribution in [0.1, 0.15) is 45.5 Å². The summed E-state index contributed by atoms with van der Waals surface area (Å²) in [6.45, 7) is 6.30. The van der Waals surface area contributed by atoms with E-state index in [0.29, 0.717) is 11.6 Å². The van der Waals surface area contributed by atoms with Crippen molar-refractivity contribution in [3.8, 4) is 11.3 Å². The molecule has 1 aliphatic rings. The zero-order valence-corrected chi connectivity index (χ0v) is 19.0. The minimum atomic E-state index is -0.529. The third-order valence-electron chi connectivity index (χ3n) is 5.54. The van der Waals surface area contributed by atoms with Crippen LogP contribution in [0.15, 0.2) is 42.5 Å². The molecule has 2 aromatic carbocycles. The number of ether oxygens (including phenoxy) is 1. The number of nitrogens with zero attached hydrogens (tertiary/aromatic N) is 4. The molecule has 0 saturated carbocycles. The molecule has 8 heteroatoms. The molecule has 0 unspecified atom stereocenters. The van der Waals surface area contributed by atoms with Gasteiger partial charge in [-0.25, -0.2) is 9.78 Å². The second-order valence-corrected chi connectivity index (χ2v) is 9.55. The zero-order chi connectivity index (χ0) is 22.5. The average molecular weight is 450 g/mol. The molecule has 2 aromatic heterocycles. The van der Waals surface area contributed by atoms with Gasteiger partial charge in [-0.15, -0.1) is 10.2 Å². The number of hydrogen-bond acceptors (Lipinski definition) is 5. The summed E-state index contributed by atoms with van der Waals surface area (Å²) in [5.74, 6) is 0.778. The van der Waals surface area contributed by atoms with E-state index >= 15 is 0 Å². The van der Waals surface area contributed by atoms with Gasteiger partial charge in [0.25, 0.3) is 0 Å². The number of rotatable bonds is 2. The van der Waals surface area contributed by atoms with Crippen LogP contribution in [0.2, 0.25) is 5.02 Å². The van der Waals surface area contributed by atoms with Gasteiger partial charge in [-0.2, -0.15) is 0 Å². The minimum Gasteiger partial charge on any atom is -0.444 e. The summed E-state index contributed by atoms with van der Waals surface area (Å²) in [4.78, 5) is 22.6. The van der Waals surface area contributed by atoms with E-state index in [1.165, 1.54) is 0 Å². The number of H-pyrrole nitrogens is 1. The number of hydrogen-bond donors (Lipinski definition) is 1. The van der Waals surface area contributed by atoms with Crippen molar-refractivity contribution in [1.29, 1.82) is 0 Å². The molecule has 1 saturated heterocycles. The van der Waals surface area contributed by atoms with E-state index in [9.17, 15) is 4.79 Å². The summed E-state index contributed by atoms with van der Waals surface area (Å²) in [7, 11) is 0. The van der Waals surface area contributed by atoms with Gasteiger partial charge in [0.15, 0.2) is 0 Å². The molecule has 1 fully saturated rings. The maximum atomic E-state index is 12.7. The number of aromatic nitrogens is 4. The van der Waals surface area contributed by atoms with Crippen LogP contribution in [0.25, 0.3) is 33.2 Å². The maximum Gasteiger partial charge on any atom is 0.410 e. The Labute approximate surface area is 190 Å². The number of carbonyl (C=O) groups is 1. The number of imidazole rings is 1. The average Bonchev–Trinajstić information content (AvgIpc) is 3.38. The molecule has 1 atom stereocenters. The molecule has 7 nitrogen and oxygen atoms in total. The quantitative estimate of drug-likeness (QED) is 0.412. The van der Waals surface area contributed by atoms with Crippen molar-refractivity contribution in [1.82, 2.24) is 25.1 Å². The molecule has 0 radical (unpaired) electrons. The molecule has 0 aliphatic carbocycles. The maximum absolute atomic E-state index is 12.7. The molecule has 3 heterocycles. The Morgan fingerprint density at radius 1 is 1.12 bits per heavy atom. The summed E-state index contributed by atoms with van der Waals surface area (Å²) < 4.78 is 5.59. The lowest BCUT2D eigenvalue weighted by atomic mass is 10.1. The second-order valence-electron chi connectivity index (χ2n) is 9.12. The molecule has 1 aliphatic heterocycles. The second kappa shape index (κ2) is 7.74. The Morgan fingerprint density at radius 3 is 2.78 bits per heavy atom. The van der Waals surface area contributed by atoms with Crippen LogP contribution >= 0.6 is 11.6 Å². The minimum absolute atomic E-state index is 0.120. The number of likely N-dealkylation sites (tertiary alicyclic amines) is 1. The molecule has 32 heavy (non-hydrogen) atoms. The van der Waals surface area contributed by atoms with E-state index in [0.717, 1.165) is 51.9 Å². The fraction of sp³-hybridized carbons (Fsp3) is 0.333. The van der Waals surface area contributed by atoms with E-state index < -0.39 is 5.60 Å². The first kappa shape index (κ1) is 20.7. The normalized spacial score (nSPS) is 16.8. The zero-order valence-electron chi connectivity index (χ0n) is 18.2. The number of halogens is 1. The number of aromatic amines is 1. The Kier molecular flexibility index (Phi) is 5.01. The van der Waals surface area contributed by atoms with Gasteiger partial charge in [-0.1, -0.05) is 23.7 Å². The molecule has 1 amide bonds. The summed E-state index contributed by atoms with van der Waals surface area (Å²) in [6.07, 6.45) is 1.47. The van der Waals surface area contributed by atoms with Gasteiger partial charge in [0, 0.05) is 22.5 Å². The van der Waals surface area contributed by atoms with E-state index in [2.05, 4.69) is 15.2 Å².